The first kappa shape index (κ1) is 17.8. The average Bonchev–Trinajstić information content (AvgIpc) is 2.32. The van der Waals surface area contributed by atoms with Gasteiger partial charge in [0.25, 0.3) is 0 Å². The van der Waals surface area contributed by atoms with Gasteiger partial charge >= 0.3 is 6.09 Å². The van der Waals surface area contributed by atoms with E-state index in [9.17, 15) is 4.79 Å². The Balaban J connectivity index is 0.00000154. The number of amides is 1. The summed E-state index contributed by atoms with van der Waals surface area (Å²) in [6, 6.07) is 0. The largest absolute Gasteiger partial charge is 0.444 e. The maximum atomic E-state index is 11.9. The van der Waals surface area contributed by atoms with Crippen LogP contribution >= 0.6 is 0 Å². The van der Waals surface area contributed by atoms with Crippen molar-refractivity contribution in [1.29, 1.82) is 0 Å². The lowest BCUT2D eigenvalue weighted by Crippen LogP contribution is -2.50. The summed E-state index contributed by atoms with van der Waals surface area (Å²) in [5, 5.41) is 1.70. The van der Waals surface area contributed by atoms with Crippen molar-refractivity contribution in [3.8, 4) is 0 Å². The van der Waals surface area contributed by atoms with Gasteiger partial charge < -0.3 is 14.6 Å². The van der Waals surface area contributed by atoms with E-state index < -0.39 is 5.60 Å². The third-order valence-electron chi connectivity index (χ3n) is 2.42. The molecule has 1 amide bonds. The van der Waals surface area contributed by atoms with Crippen molar-refractivity contribution in [3.63, 3.8) is 0 Å². The van der Waals surface area contributed by atoms with Crippen molar-refractivity contribution in [2.24, 2.45) is 5.84 Å². The molecule has 1 fully saturated rings. The van der Waals surface area contributed by atoms with Gasteiger partial charge in [-0.15, -0.1) is 0 Å². The molecule has 0 unspecified atom stereocenters. The van der Waals surface area contributed by atoms with Crippen LogP contribution in [0.4, 0.5) is 4.79 Å². The molecule has 0 aromatic heterocycles. The fourth-order valence-electron chi connectivity index (χ4n) is 1.64. The molecular weight excluding hydrogens is 242 g/mol. The second-order valence-electron chi connectivity index (χ2n) is 5.20. The molecule has 5 nitrogen and oxygen atoms in total. The third kappa shape index (κ3) is 6.47. The van der Waals surface area contributed by atoms with Gasteiger partial charge in [0.1, 0.15) is 5.60 Å². The van der Waals surface area contributed by atoms with Gasteiger partial charge in [0, 0.05) is 12.2 Å². The number of nitrogens with zero attached hydrogens (tertiary/aromatic N) is 2. The number of rotatable bonds is 1. The Morgan fingerprint density at radius 3 is 2.42 bits per heavy atom. The maximum Gasteiger partial charge on any atom is 0.410 e. The Morgan fingerprint density at radius 2 is 1.95 bits per heavy atom. The van der Waals surface area contributed by atoms with E-state index >= 15 is 0 Å². The molecule has 1 rings (SSSR count). The zero-order valence-corrected chi connectivity index (χ0v) is 13.2. The second kappa shape index (κ2) is 8.04. The molecule has 19 heavy (non-hydrogen) atoms. The van der Waals surface area contributed by atoms with E-state index in [1.165, 1.54) is 0 Å². The molecule has 0 aliphatic carbocycles. The summed E-state index contributed by atoms with van der Waals surface area (Å²) < 4.78 is 5.34. The van der Waals surface area contributed by atoms with Crippen molar-refractivity contribution in [3.05, 3.63) is 11.8 Å². The Hall–Kier alpha value is -1.23. The van der Waals surface area contributed by atoms with E-state index in [0.29, 0.717) is 19.6 Å². The van der Waals surface area contributed by atoms with Crippen molar-refractivity contribution >= 4 is 6.09 Å². The molecule has 2 N–H and O–H groups in total. The van der Waals surface area contributed by atoms with Crippen LogP contribution in [0.2, 0.25) is 0 Å². The van der Waals surface area contributed by atoms with Crippen LogP contribution < -0.4 is 5.84 Å². The highest BCUT2D eigenvalue weighted by atomic mass is 16.6. The number of allylic oxidation sites excluding steroid dienone is 1. The first-order chi connectivity index (χ1) is 8.83. The smallest absolute Gasteiger partial charge is 0.410 e. The van der Waals surface area contributed by atoms with Crippen LogP contribution in [0.3, 0.4) is 0 Å². The first-order valence-electron chi connectivity index (χ1n) is 7.02. The number of hydrogen-bond donors (Lipinski definition) is 1. The van der Waals surface area contributed by atoms with Gasteiger partial charge in [-0.25, -0.2) is 10.6 Å². The van der Waals surface area contributed by atoms with Crippen LogP contribution in [-0.2, 0) is 4.74 Å². The quantitative estimate of drug-likeness (QED) is 0.745. The van der Waals surface area contributed by atoms with Crippen LogP contribution in [0, 0.1) is 0 Å². The fraction of sp³-hybridized carbons (Fsp3) is 0.786. The normalized spacial score (nSPS) is 17.9. The van der Waals surface area contributed by atoms with E-state index in [-0.39, 0.29) is 6.09 Å². The SMILES string of the molecule is CC.CC/C=C1/CN(C(=O)OC(C)(C)C)CCN1N. The number of hydrogen-bond acceptors (Lipinski definition) is 4. The molecule has 0 aromatic carbocycles. The number of carbonyl (C=O) groups excluding carboxylic acids is 1. The molecule has 0 atom stereocenters. The highest BCUT2D eigenvalue weighted by Gasteiger charge is 2.26. The number of piperazine rings is 1. The molecule has 0 bridgehead atoms. The number of ether oxygens (including phenoxy) is 1. The van der Waals surface area contributed by atoms with Gasteiger partial charge in [-0.2, -0.15) is 0 Å². The molecule has 0 radical (unpaired) electrons. The van der Waals surface area contributed by atoms with E-state index in [4.69, 9.17) is 10.6 Å². The summed E-state index contributed by atoms with van der Waals surface area (Å²) in [4.78, 5) is 13.6. The van der Waals surface area contributed by atoms with Gasteiger partial charge in [0.05, 0.1) is 13.1 Å². The summed E-state index contributed by atoms with van der Waals surface area (Å²) in [5.74, 6) is 5.84. The van der Waals surface area contributed by atoms with Gasteiger partial charge in [-0.05, 0) is 27.2 Å². The maximum absolute atomic E-state index is 11.9. The number of nitrogens with two attached hydrogens (primary N) is 1. The third-order valence-corrected chi connectivity index (χ3v) is 2.42. The molecule has 1 aliphatic rings. The van der Waals surface area contributed by atoms with Crippen molar-refractivity contribution in [2.75, 3.05) is 19.6 Å². The Bertz CT molecular complexity index is 308. The summed E-state index contributed by atoms with van der Waals surface area (Å²) in [6.45, 7) is 13.4. The number of hydrazine groups is 1. The van der Waals surface area contributed by atoms with Crippen molar-refractivity contribution in [1.82, 2.24) is 9.91 Å². The predicted octanol–water partition coefficient (Wildman–Crippen LogP) is 2.73. The van der Waals surface area contributed by atoms with E-state index in [0.717, 1.165) is 12.1 Å². The first-order valence-corrected chi connectivity index (χ1v) is 7.02. The monoisotopic (exact) mass is 271 g/mol. The molecule has 1 saturated heterocycles. The molecule has 1 aliphatic heterocycles. The molecule has 0 saturated carbocycles. The topological polar surface area (TPSA) is 58.8 Å². The van der Waals surface area contributed by atoms with E-state index in [2.05, 4.69) is 0 Å². The lowest BCUT2D eigenvalue weighted by atomic mass is 10.2. The minimum absolute atomic E-state index is 0.271. The lowest BCUT2D eigenvalue weighted by molar-refractivity contribution is 0.0198. The van der Waals surface area contributed by atoms with Crippen LogP contribution in [0.5, 0.6) is 0 Å². The summed E-state index contributed by atoms with van der Waals surface area (Å²) in [6.07, 6.45) is 2.68. The van der Waals surface area contributed by atoms with Crippen LogP contribution in [0.15, 0.2) is 11.8 Å². The Labute approximate surface area is 117 Å². The summed E-state index contributed by atoms with van der Waals surface area (Å²) in [7, 11) is 0. The minimum Gasteiger partial charge on any atom is -0.444 e. The molecular formula is C14H29N3O2. The lowest BCUT2D eigenvalue weighted by Gasteiger charge is -2.36. The molecule has 0 spiro atoms. The van der Waals surface area contributed by atoms with E-state index in [1.807, 2.05) is 47.6 Å². The molecule has 5 heteroatoms. The zero-order valence-electron chi connectivity index (χ0n) is 13.2. The minimum atomic E-state index is -0.453. The standard InChI is InChI=1S/C12H23N3O2.C2H6/c1-5-6-10-9-14(7-8-15(10)13)11(16)17-12(2,3)4;1-2/h6H,5,7-9,13H2,1-4H3;1-2H3/b10-6-;. The van der Waals surface area contributed by atoms with Crippen molar-refractivity contribution in [2.45, 2.75) is 53.6 Å². The van der Waals surface area contributed by atoms with Crippen molar-refractivity contribution < 1.29 is 9.53 Å². The van der Waals surface area contributed by atoms with Crippen LogP contribution in [0.1, 0.15) is 48.0 Å². The Morgan fingerprint density at radius 1 is 1.37 bits per heavy atom. The molecule has 112 valence electrons. The molecule has 1 heterocycles. The van der Waals surface area contributed by atoms with Crippen LogP contribution in [-0.4, -0.2) is 41.2 Å². The zero-order chi connectivity index (χ0) is 15.1. The molecule has 0 aromatic rings. The van der Waals surface area contributed by atoms with Gasteiger partial charge in [-0.3, -0.25) is 0 Å². The highest BCUT2D eigenvalue weighted by molar-refractivity contribution is 5.68. The van der Waals surface area contributed by atoms with Gasteiger partial charge in [-0.1, -0.05) is 26.8 Å². The predicted molar refractivity (Wildman–Crippen MR) is 78.4 cm³/mol. The van der Waals surface area contributed by atoms with Gasteiger partial charge in [0.2, 0.25) is 0 Å². The average molecular weight is 271 g/mol. The van der Waals surface area contributed by atoms with E-state index in [1.54, 1.807) is 9.91 Å². The summed E-state index contributed by atoms with van der Waals surface area (Å²) >= 11 is 0. The second-order valence-corrected chi connectivity index (χ2v) is 5.20. The Kier molecular flexibility index (Phi) is 7.52. The van der Waals surface area contributed by atoms with Gasteiger partial charge in [0.15, 0.2) is 0 Å². The highest BCUT2D eigenvalue weighted by Crippen LogP contribution is 2.15. The number of carbonyl (C=O) groups is 1. The fourth-order valence-corrected chi connectivity index (χ4v) is 1.64. The van der Waals surface area contributed by atoms with Crippen LogP contribution in [0.25, 0.3) is 0 Å². The summed E-state index contributed by atoms with van der Waals surface area (Å²) in [5.41, 5.74) is 0.524.